The highest BCUT2D eigenvalue weighted by atomic mass is 16.2. The quantitative estimate of drug-likeness (QED) is 0.900. The third-order valence-electron chi connectivity index (χ3n) is 4.50. The predicted molar refractivity (Wildman–Crippen MR) is 85.3 cm³/mol. The lowest BCUT2D eigenvalue weighted by Gasteiger charge is -2.25. The van der Waals surface area contributed by atoms with Crippen molar-refractivity contribution in [3.63, 3.8) is 0 Å². The standard InChI is InChI=1S/C17H22N4O/c1-11-15(12(2)21(3)20-11)10-19-17(22)16-8-13-6-4-5-7-14(13)9-18-16/h4-7,16,18H,8-10H2,1-3H3,(H,19,22). The number of hydrogen-bond donors (Lipinski definition) is 2. The molecule has 1 aromatic heterocycles. The second-order valence-electron chi connectivity index (χ2n) is 5.90. The molecule has 0 saturated carbocycles. The van der Waals surface area contributed by atoms with Crippen molar-refractivity contribution >= 4 is 5.91 Å². The summed E-state index contributed by atoms with van der Waals surface area (Å²) in [5, 5.41) is 10.7. The van der Waals surface area contributed by atoms with Gasteiger partial charge in [0.2, 0.25) is 5.91 Å². The van der Waals surface area contributed by atoms with E-state index in [1.54, 1.807) is 0 Å². The van der Waals surface area contributed by atoms with E-state index in [2.05, 4.69) is 27.9 Å². The molecule has 2 aromatic rings. The SMILES string of the molecule is Cc1nn(C)c(C)c1CNC(=O)C1Cc2ccccc2CN1. The van der Waals surface area contributed by atoms with Crippen molar-refractivity contribution in [2.45, 2.75) is 39.4 Å². The van der Waals surface area contributed by atoms with Gasteiger partial charge in [-0.05, 0) is 31.4 Å². The summed E-state index contributed by atoms with van der Waals surface area (Å²) in [4.78, 5) is 12.4. The van der Waals surface area contributed by atoms with E-state index >= 15 is 0 Å². The third kappa shape index (κ3) is 2.76. The first kappa shape index (κ1) is 14.8. The number of nitrogens with zero attached hydrogens (tertiary/aromatic N) is 2. The highest BCUT2D eigenvalue weighted by molar-refractivity contribution is 5.82. The molecule has 116 valence electrons. The van der Waals surface area contributed by atoms with Crippen LogP contribution in [0.3, 0.4) is 0 Å². The topological polar surface area (TPSA) is 59.0 Å². The van der Waals surface area contributed by atoms with Gasteiger partial charge in [-0.25, -0.2) is 0 Å². The number of carbonyl (C=O) groups is 1. The van der Waals surface area contributed by atoms with E-state index in [9.17, 15) is 4.79 Å². The molecular weight excluding hydrogens is 276 g/mol. The molecule has 3 rings (SSSR count). The van der Waals surface area contributed by atoms with E-state index in [1.165, 1.54) is 11.1 Å². The van der Waals surface area contributed by atoms with Crippen LogP contribution < -0.4 is 10.6 Å². The van der Waals surface area contributed by atoms with Gasteiger partial charge < -0.3 is 10.6 Å². The number of hydrogen-bond acceptors (Lipinski definition) is 3. The Bertz CT molecular complexity index is 705. The van der Waals surface area contributed by atoms with Gasteiger partial charge in [0, 0.05) is 31.4 Å². The molecule has 1 aromatic carbocycles. The molecule has 0 saturated heterocycles. The summed E-state index contributed by atoms with van der Waals surface area (Å²) in [6, 6.07) is 8.12. The molecule has 0 radical (unpaired) electrons. The van der Waals surface area contributed by atoms with Gasteiger partial charge in [-0.1, -0.05) is 24.3 Å². The number of nitrogens with one attached hydrogen (secondary N) is 2. The first-order valence-electron chi connectivity index (χ1n) is 7.63. The van der Waals surface area contributed by atoms with Crippen molar-refractivity contribution in [2.75, 3.05) is 0 Å². The van der Waals surface area contributed by atoms with Crippen LogP contribution in [0.4, 0.5) is 0 Å². The Labute approximate surface area is 130 Å². The zero-order chi connectivity index (χ0) is 15.7. The molecule has 0 fully saturated rings. The fourth-order valence-corrected chi connectivity index (χ4v) is 3.01. The van der Waals surface area contributed by atoms with Gasteiger partial charge in [-0.3, -0.25) is 9.48 Å². The lowest BCUT2D eigenvalue weighted by molar-refractivity contribution is -0.123. The molecule has 22 heavy (non-hydrogen) atoms. The van der Waals surface area contributed by atoms with Crippen molar-refractivity contribution in [3.8, 4) is 0 Å². The number of amides is 1. The molecule has 1 atom stereocenters. The number of aryl methyl sites for hydroxylation is 2. The summed E-state index contributed by atoms with van der Waals surface area (Å²) < 4.78 is 1.85. The first-order valence-corrected chi connectivity index (χ1v) is 7.63. The maximum Gasteiger partial charge on any atom is 0.237 e. The van der Waals surface area contributed by atoms with Gasteiger partial charge in [0.15, 0.2) is 0 Å². The van der Waals surface area contributed by atoms with Crippen LogP contribution in [0.25, 0.3) is 0 Å². The Balaban J connectivity index is 1.64. The molecule has 2 heterocycles. The van der Waals surface area contributed by atoms with Crippen LogP contribution in [0.2, 0.25) is 0 Å². The Morgan fingerprint density at radius 3 is 2.77 bits per heavy atom. The average molecular weight is 298 g/mol. The number of fused-ring (bicyclic) bond motifs is 1. The van der Waals surface area contributed by atoms with Gasteiger partial charge in [0.05, 0.1) is 11.7 Å². The number of carbonyl (C=O) groups excluding carboxylic acids is 1. The van der Waals surface area contributed by atoms with E-state index in [4.69, 9.17) is 0 Å². The van der Waals surface area contributed by atoms with Gasteiger partial charge >= 0.3 is 0 Å². The second-order valence-corrected chi connectivity index (χ2v) is 5.90. The van der Waals surface area contributed by atoms with Crippen LogP contribution in [0, 0.1) is 13.8 Å². The molecule has 1 amide bonds. The Hall–Kier alpha value is -2.14. The minimum atomic E-state index is -0.160. The molecule has 5 heteroatoms. The van der Waals surface area contributed by atoms with E-state index in [0.717, 1.165) is 29.9 Å². The van der Waals surface area contributed by atoms with Crippen molar-refractivity contribution in [3.05, 3.63) is 52.3 Å². The molecule has 2 N–H and O–H groups in total. The largest absolute Gasteiger partial charge is 0.351 e. The Kier molecular flexibility index (Phi) is 3.98. The van der Waals surface area contributed by atoms with Crippen molar-refractivity contribution in [1.82, 2.24) is 20.4 Å². The van der Waals surface area contributed by atoms with Crippen LogP contribution in [0.1, 0.15) is 28.1 Å². The summed E-state index contributed by atoms with van der Waals surface area (Å²) >= 11 is 0. The van der Waals surface area contributed by atoms with Crippen LogP contribution >= 0.6 is 0 Å². The molecule has 1 unspecified atom stereocenters. The zero-order valence-corrected chi connectivity index (χ0v) is 13.3. The van der Waals surface area contributed by atoms with Crippen LogP contribution in [-0.2, 0) is 31.4 Å². The molecular formula is C17H22N4O. The van der Waals surface area contributed by atoms with E-state index < -0.39 is 0 Å². The van der Waals surface area contributed by atoms with Gasteiger partial charge in [-0.2, -0.15) is 5.10 Å². The van der Waals surface area contributed by atoms with E-state index in [1.807, 2.05) is 37.7 Å². The highest BCUT2D eigenvalue weighted by Gasteiger charge is 2.24. The molecule has 0 aliphatic carbocycles. The van der Waals surface area contributed by atoms with Crippen molar-refractivity contribution < 1.29 is 4.79 Å². The monoisotopic (exact) mass is 298 g/mol. The second kappa shape index (κ2) is 5.93. The van der Waals surface area contributed by atoms with E-state index in [-0.39, 0.29) is 11.9 Å². The normalized spacial score (nSPS) is 17.1. The van der Waals surface area contributed by atoms with Gasteiger partial charge in [0.1, 0.15) is 0 Å². The van der Waals surface area contributed by atoms with Gasteiger partial charge in [-0.15, -0.1) is 0 Å². The lowest BCUT2D eigenvalue weighted by Crippen LogP contribution is -2.47. The Morgan fingerprint density at radius 2 is 2.09 bits per heavy atom. The fourth-order valence-electron chi connectivity index (χ4n) is 3.01. The zero-order valence-electron chi connectivity index (χ0n) is 13.3. The van der Waals surface area contributed by atoms with Crippen molar-refractivity contribution in [1.29, 1.82) is 0 Å². The molecule has 0 bridgehead atoms. The van der Waals surface area contributed by atoms with Crippen LogP contribution in [-0.4, -0.2) is 21.7 Å². The van der Waals surface area contributed by atoms with Crippen LogP contribution in [0.15, 0.2) is 24.3 Å². The summed E-state index contributed by atoms with van der Waals surface area (Å²) in [7, 11) is 1.92. The summed E-state index contributed by atoms with van der Waals surface area (Å²) in [5.41, 5.74) is 5.72. The lowest BCUT2D eigenvalue weighted by atomic mass is 9.95. The smallest absolute Gasteiger partial charge is 0.237 e. The summed E-state index contributed by atoms with van der Waals surface area (Å²) in [5.74, 6) is 0.0529. The first-order chi connectivity index (χ1) is 10.6. The minimum absolute atomic E-state index is 0.0529. The molecule has 0 spiro atoms. The number of aromatic nitrogens is 2. The Morgan fingerprint density at radius 1 is 1.36 bits per heavy atom. The fraction of sp³-hybridized carbons (Fsp3) is 0.412. The molecule has 1 aliphatic rings. The maximum absolute atomic E-state index is 12.4. The summed E-state index contributed by atoms with van der Waals surface area (Å²) in [6.07, 6.45) is 0.743. The third-order valence-corrected chi connectivity index (χ3v) is 4.50. The average Bonchev–Trinajstić information content (AvgIpc) is 2.77. The predicted octanol–water partition coefficient (Wildman–Crippen LogP) is 1.37. The molecule has 1 aliphatic heterocycles. The molecule has 5 nitrogen and oxygen atoms in total. The van der Waals surface area contributed by atoms with E-state index in [0.29, 0.717) is 6.54 Å². The van der Waals surface area contributed by atoms with Crippen LogP contribution in [0.5, 0.6) is 0 Å². The highest BCUT2D eigenvalue weighted by Crippen LogP contribution is 2.17. The van der Waals surface area contributed by atoms with Crippen molar-refractivity contribution in [2.24, 2.45) is 7.05 Å². The van der Waals surface area contributed by atoms with Gasteiger partial charge in [0.25, 0.3) is 0 Å². The maximum atomic E-state index is 12.4. The number of rotatable bonds is 3. The summed E-state index contributed by atoms with van der Waals surface area (Å²) in [6.45, 7) is 5.28. The number of benzene rings is 1. The minimum Gasteiger partial charge on any atom is -0.351 e.